The second-order valence-electron chi connectivity index (χ2n) is 11.5. The molecule has 0 radical (unpaired) electrons. The zero-order valence-corrected chi connectivity index (χ0v) is 25.1. The summed E-state index contributed by atoms with van der Waals surface area (Å²) in [7, 11) is 1.54. The first-order valence-electron chi connectivity index (χ1n) is 14.9. The summed E-state index contributed by atoms with van der Waals surface area (Å²) in [5.74, 6) is -1.31. The van der Waals surface area contributed by atoms with Crippen LogP contribution in [0, 0.1) is 11.8 Å². The number of hydrogen-bond acceptors (Lipinski definition) is 15. The Labute approximate surface area is 264 Å². The van der Waals surface area contributed by atoms with Crippen LogP contribution >= 0.6 is 0 Å². The van der Waals surface area contributed by atoms with Crippen molar-refractivity contribution in [3.05, 3.63) is 59.9 Å². The summed E-state index contributed by atoms with van der Waals surface area (Å²) in [4.78, 5) is 12.5. The molecule has 2 fully saturated rings. The molecule has 14 atom stereocenters. The van der Waals surface area contributed by atoms with Crippen LogP contribution in [0.25, 0.3) is 6.08 Å². The van der Waals surface area contributed by atoms with Gasteiger partial charge in [-0.05, 0) is 42.3 Å². The summed E-state index contributed by atoms with van der Waals surface area (Å²) in [5, 5.41) is 72.0. The summed E-state index contributed by atoms with van der Waals surface area (Å²) in [5.41, 5.74) is 1.15. The molecule has 0 aromatic heterocycles. The fourth-order valence-corrected chi connectivity index (χ4v) is 5.97. The van der Waals surface area contributed by atoms with E-state index in [2.05, 4.69) is 0 Å². The number of hydrogen-bond donors (Lipinski definition) is 7. The van der Waals surface area contributed by atoms with E-state index in [0.717, 1.165) is 0 Å². The van der Waals surface area contributed by atoms with Gasteiger partial charge in [0.25, 0.3) is 0 Å². The van der Waals surface area contributed by atoms with Gasteiger partial charge in [0.05, 0.1) is 44.7 Å². The van der Waals surface area contributed by atoms with Crippen LogP contribution in [-0.4, -0.2) is 136 Å². The van der Waals surface area contributed by atoms with E-state index in [9.17, 15) is 40.5 Å². The molecule has 0 spiro atoms. The highest BCUT2D eigenvalue weighted by molar-refractivity contribution is 5.87. The maximum absolute atomic E-state index is 12.5. The summed E-state index contributed by atoms with van der Waals surface area (Å²) in [6.45, 7) is 0.484. The normalized spacial score (nSPS) is 40.7. The van der Waals surface area contributed by atoms with Gasteiger partial charge in [0.15, 0.2) is 18.7 Å². The Morgan fingerprint density at radius 3 is 2.26 bits per heavy atom. The smallest absolute Gasteiger partial charge is 0.331 e. The van der Waals surface area contributed by atoms with Gasteiger partial charge in [0.2, 0.25) is 6.29 Å². The van der Waals surface area contributed by atoms with Gasteiger partial charge in [0.1, 0.15) is 42.4 Å². The number of aliphatic hydroxyl groups excluding tert-OH is 7. The third kappa shape index (κ3) is 7.14. The van der Waals surface area contributed by atoms with Gasteiger partial charge in [-0.15, -0.1) is 0 Å². The molecule has 0 saturated carbocycles. The average molecular weight is 653 g/mol. The molecule has 0 amide bonds. The van der Waals surface area contributed by atoms with Crippen LogP contribution in [0.5, 0.6) is 5.75 Å². The fraction of sp³-hybridized carbons (Fsp3) is 0.581. The first-order valence-corrected chi connectivity index (χ1v) is 14.9. The summed E-state index contributed by atoms with van der Waals surface area (Å²) in [6.07, 6.45) is -8.87. The molecule has 3 heterocycles. The number of carbonyl (C=O) groups is 1. The van der Waals surface area contributed by atoms with E-state index in [-0.39, 0.29) is 0 Å². The van der Waals surface area contributed by atoms with Gasteiger partial charge in [-0.25, -0.2) is 4.79 Å². The number of methoxy groups -OCH3 is 1. The number of fused-ring (bicyclic) bond motifs is 1. The Balaban J connectivity index is 1.21. The molecule has 5 rings (SSSR count). The number of rotatable bonds is 10. The van der Waals surface area contributed by atoms with Crippen LogP contribution < -0.4 is 4.74 Å². The SMILES string of the molecule is COc1ccc(/C=C/C(=O)O[C@@H]2[C@@H](O)[C@@H](O)[C@H](O[C@@H]3C=C(CO)[C@H]4[C@H](O[C@@H]5O[C@H](CO)[C@@H](O)[C@H](O)[C@H]5O)OC=C[C@H]43)O[C@H]2C)cc1. The molecule has 2 saturated heterocycles. The maximum Gasteiger partial charge on any atom is 0.331 e. The van der Waals surface area contributed by atoms with E-state index in [4.69, 9.17) is 33.2 Å². The molecule has 0 unspecified atom stereocenters. The van der Waals surface area contributed by atoms with E-state index in [1.807, 2.05) is 0 Å². The van der Waals surface area contributed by atoms with Crippen LogP contribution in [0.3, 0.4) is 0 Å². The predicted octanol–water partition coefficient (Wildman–Crippen LogP) is -1.68. The lowest BCUT2D eigenvalue weighted by Gasteiger charge is -2.43. The highest BCUT2D eigenvalue weighted by Crippen LogP contribution is 2.43. The number of benzene rings is 1. The zero-order chi connectivity index (χ0) is 33.1. The minimum absolute atomic E-state index is 0.429. The fourth-order valence-electron chi connectivity index (χ4n) is 5.97. The maximum atomic E-state index is 12.5. The Bertz CT molecular complexity index is 1260. The highest BCUT2D eigenvalue weighted by atomic mass is 16.8. The van der Waals surface area contributed by atoms with Crippen LogP contribution in [0.15, 0.2) is 54.3 Å². The molecule has 7 N–H and O–H groups in total. The monoisotopic (exact) mass is 652 g/mol. The van der Waals surface area contributed by atoms with E-state index in [0.29, 0.717) is 16.9 Å². The minimum Gasteiger partial charge on any atom is -0.497 e. The van der Waals surface area contributed by atoms with E-state index < -0.39 is 105 Å². The van der Waals surface area contributed by atoms with Crippen molar-refractivity contribution >= 4 is 12.0 Å². The van der Waals surface area contributed by atoms with Crippen molar-refractivity contribution in [1.29, 1.82) is 0 Å². The molecule has 15 heteroatoms. The largest absolute Gasteiger partial charge is 0.497 e. The molecule has 15 nitrogen and oxygen atoms in total. The summed E-state index contributed by atoms with van der Waals surface area (Å²) in [6, 6.07) is 6.96. The van der Waals surface area contributed by atoms with Crippen molar-refractivity contribution in [2.75, 3.05) is 20.3 Å². The number of carbonyl (C=O) groups excluding carboxylic acids is 1. The van der Waals surface area contributed by atoms with Crippen molar-refractivity contribution in [3.8, 4) is 5.75 Å². The van der Waals surface area contributed by atoms with Crippen molar-refractivity contribution in [3.63, 3.8) is 0 Å². The Morgan fingerprint density at radius 2 is 1.59 bits per heavy atom. The van der Waals surface area contributed by atoms with Gasteiger partial charge in [0, 0.05) is 12.0 Å². The average Bonchev–Trinajstić information content (AvgIpc) is 3.43. The minimum atomic E-state index is -1.67. The quantitative estimate of drug-likeness (QED) is 0.0852. The molecule has 1 aromatic rings. The Hall–Kier alpha value is -2.93. The van der Waals surface area contributed by atoms with Crippen molar-refractivity contribution in [2.24, 2.45) is 11.8 Å². The topological polar surface area (TPSA) is 223 Å². The molecule has 254 valence electrons. The predicted molar refractivity (Wildman–Crippen MR) is 154 cm³/mol. The molecule has 3 aliphatic heterocycles. The van der Waals surface area contributed by atoms with E-state index in [1.165, 1.54) is 18.4 Å². The summed E-state index contributed by atoms with van der Waals surface area (Å²) >= 11 is 0. The first-order chi connectivity index (χ1) is 22.1. The number of ether oxygens (including phenoxy) is 7. The lowest BCUT2D eigenvalue weighted by molar-refractivity contribution is -0.341. The molecular weight excluding hydrogens is 612 g/mol. The van der Waals surface area contributed by atoms with Crippen LogP contribution in [0.1, 0.15) is 12.5 Å². The second-order valence-corrected chi connectivity index (χ2v) is 11.5. The first kappa shape index (κ1) is 34.4. The second kappa shape index (κ2) is 14.9. The highest BCUT2D eigenvalue weighted by Gasteiger charge is 2.52. The molecule has 0 bridgehead atoms. The molecule has 46 heavy (non-hydrogen) atoms. The van der Waals surface area contributed by atoms with Gasteiger partial charge in [-0.2, -0.15) is 0 Å². The molecule has 1 aromatic carbocycles. The standard InChI is InChI=1S/C31H40O15/c1-14-28(45-21(34)8-5-15-3-6-17(40-2)7-4-15)25(37)27(39)30(42-14)43-19-11-16(12-32)22-18(19)9-10-41-29(22)46-31-26(38)24(36)23(35)20(13-33)44-31/h3-11,14,18-20,22-33,35-39H,12-13H2,1-2H3/b8-5+/t14-,18-,19+,20+,22+,23+,24-,25-,26+,27+,28-,29-,30-,31-/m0/s1. The van der Waals surface area contributed by atoms with Gasteiger partial charge in [-0.3, -0.25) is 0 Å². The van der Waals surface area contributed by atoms with E-state index >= 15 is 0 Å². The number of aliphatic hydroxyl groups is 7. The van der Waals surface area contributed by atoms with Gasteiger partial charge >= 0.3 is 5.97 Å². The van der Waals surface area contributed by atoms with E-state index in [1.54, 1.807) is 50.5 Å². The molecule has 1 aliphatic carbocycles. The van der Waals surface area contributed by atoms with Gasteiger partial charge < -0.3 is 68.9 Å². The molecular formula is C31H40O15. The lowest BCUT2D eigenvalue weighted by atomic mass is 9.88. The van der Waals surface area contributed by atoms with Crippen LogP contribution in [0.4, 0.5) is 0 Å². The van der Waals surface area contributed by atoms with Crippen LogP contribution in [-0.2, 0) is 33.2 Å². The lowest BCUT2D eigenvalue weighted by Crippen LogP contribution is -2.60. The van der Waals surface area contributed by atoms with Crippen molar-refractivity contribution in [2.45, 2.75) is 80.7 Å². The van der Waals surface area contributed by atoms with Gasteiger partial charge in [-0.1, -0.05) is 18.2 Å². The third-order valence-electron chi connectivity index (χ3n) is 8.55. The van der Waals surface area contributed by atoms with Crippen molar-refractivity contribution in [1.82, 2.24) is 0 Å². The third-order valence-corrected chi connectivity index (χ3v) is 8.55. The van der Waals surface area contributed by atoms with Crippen LogP contribution in [0.2, 0.25) is 0 Å². The summed E-state index contributed by atoms with van der Waals surface area (Å²) < 4.78 is 39.3. The Morgan fingerprint density at radius 1 is 0.891 bits per heavy atom. The van der Waals surface area contributed by atoms with Crippen molar-refractivity contribution < 1.29 is 73.7 Å². The molecule has 4 aliphatic rings. The Kier molecular flexibility index (Phi) is 11.1. The number of esters is 1. The zero-order valence-electron chi connectivity index (χ0n) is 25.1.